The van der Waals surface area contributed by atoms with Crippen LogP contribution in [0, 0.1) is 5.41 Å². The molecule has 18 heavy (non-hydrogen) atoms. The Hall–Kier alpha value is -0.710. The third kappa shape index (κ3) is 3.40. The van der Waals surface area contributed by atoms with Gasteiger partial charge in [0.2, 0.25) is 0 Å². The zero-order valence-corrected chi connectivity index (χ0v) is 13.4. The molecule has 4 nitrogen and oxygen atoms in total. The molecule has 92 valence electrons. The number of ketones is 2. The maximum atomic E-state index is 11.9. The second-order valence-corrected chi connectivity index (χ2v) is 4.95. The van der Waals surface area contributed by atoms with Crippen LogP contribution in [0.2, 0.25) is 0 Å². The van der Waals surface area contributed by atoms with Crippen LogP contribution in [0.25, 0.3) is 0 Å². The summed E-state index contributed by atoms with van der Waals surface area (Å²) in [5.41, 5.74) is 0.103. The molecule has 1 aliphatic rings. The number of carboxylic acids is 1. The number of aliphatic carboxylic acids is 1. The molecule has 0 aromatic heterocycles. The summed E-state index contributed by atoms with van der Waals surface area (Å²) < 4.78 is 0. The van der Waals surface area contributed by atoms with Crippen molar-refractivity contribution in [3.8, 4) is 0 Å². The summed E-state index contributed by atoms with van der Waals surface area (Å²) >= 11 is 0. The van der Waals surface area contributed by atoms with Gasteiger partial charge in [0, 0.05) is 22.7 Å². The van der Waals surface area contributed by atoms with E-state index < -0.39 is 11.4 Å². The minimum Gasteiger partial charge on any atom is -0.550 e. The monoisotopic (exact) mass is 258 g/mol. The number of Topliss-reactive ketones (excluding diaryl/α,β-unsaturated/α-hetero) is 1. The van der Waals surface area contributed by atoms with E-state index in [1.807, 2.05) is 0 Å². The van der Waals surface area contributed by atoms with E-state index in [9.17, 15) is 19.5 Å². The first-order valence-corrected chi connectivity index (χ1v) is 5.35. The number of carbonyl (C=O) groups excluding carboxylic acids is 3. The number of rotatable bonds is 3. The summed E-state index contributed by atoms with van der Waals surface area (Å²) in [5.74, 6) is -1.72. The molecule has 0 bridgehead atoms. The summed E-state index contributed by atoms with van der Waals surface area (Å²) in [7, 11) is 0. The van der Waals surface area contributed by atoms with Crippen molar-refractivity contribution in [3.05, 3.63) is 22.8 Å². The minimum atomic E-state index is -1.23. The van der Waals surface area contributed by atoms with Gasteiger partial charge in [0.05, 0.1) is 0 Å². The van der Waals surface area contributed by atoms with E-state index in [4.69, 9.17) is 0 Å². The van der Waals surface area contributed by atoms with Gasteiger partial charge in [-0.15, -0.1) is 0 Å². The average Bonchev–Trinajstić information content (AvgIpc) is 2.11. The van der Waals surface area contributed by atoms with E-state index >= 15 is 0 Å². The number of hydrogen-bond acceptors (Lipinski definition) is 4. The molecule has 0 N–H and O–H groups in total. The SMILES string of the molecule is CC1=CC(=O)C(C(C)(C)CC(=O)[O-])=C(C)C1=O.[Na+]. The number of carboxylic acid groups (broad SMARTS) is 1. The minimum absolute atomic E-state index is 0. The molecule has 0 amide bonds. The van der Waals surface area contributed by atoms with Crippen molar-refractivity contribution < 1.29 is 49.0 Å². The molecule has 0 saturated carbocycles. The van der Waals surface area contributed by atoms with Crippen LogP contribution in [0.1, 0.15) is 34.1 Å². The second-order valence-electron chi connectivity index (χ2n) is 4.95. The fourth-order valence-electron chi connectivity index (χ4n) is 2.22. The van der Waals surface area contributed by atoms with Gasteiger partial charge in [-0.05, 0) is 31.8 Å². The van der Waals surface area contributed by atoms with Gasteiger partial charge in [0.25, 0.3) is 0 Å². The first-order chi connectivity index (χ1) is 7.66. The maximum Gasteiger partial charge on any atom is 1.00 e. The Morgan fingerprint density at radius 3 is 2.22 bits per heavy atom. The molecule has 1 aliphatic carbocycles. The predicted octanol–water partition coefficient (Wildman–Crippen LogP) is -2.43. The Morgan fingerprint density at radius 2 is 1.78 bits per heavy atom. The number of carbonyl (C=O) groups is 3. The number of allylic oxidation sites excluding steroid dienone is 4. The summed E-state index contributed by atoms with van der Waals surface area (Å²) in [5, 5.41) is 10.7. The Bertz CT molecular complexity index is 469. The molecule has 0 fully saturated rings. The van der Waals surface area contributed by atoms with Gasteiger partial charge in [-0.2, -0.15) is 0 Å². The van der Waals surface area contributed by atoms with E-state index in [1.54, 1.807) is 27.7 Å². The van der Waals surface area contributed by atoms with Crippen LogP contribution >= 0.6 is 0 Å². The molecular formula is C13H15NaO4. The van der Waals surface area contributed by atoms with Crippen LogP contribution in [0.3, 0.4) is 0 Å². The summed E-state index contributed by atoms with van der Waals surface area (Å²) in [6.45, 7) is 6.39. The topological polar surface area (TPSA) is 74.3 Å². The quantitative estimate of drug-likeness (QED) is 0.417. The van der Waals surface area contributed by atoms with Crippen LogP contribution in [0.4, 0.5) is 0 Å². The van der Waals surface area contributed by atoms with Gasteiger partial charge in [-0.3, -0.25) is 9.59 Å². The fourth-order valence-corrected chi connectivity index (χ4v) is 2.22. The largest absolute Gasteiger partial charge is 1.00 e. The second kappa shape index (κ2) is 5.95. The van der Waals surface area contributed by atoms with Crippen LogP contribution in [-0.2, 0) is 14.4 Å². The Balaban J connectivity index is 0.00000289. The molecule has 0 aromatic rings. The maximum absolute atomic E-state index is 11.9. The Morgan fingerprint density at radius 1 is 1.28 bits per heavy atom. The third-order valence-corrected chi connectivity index (χ3v) is 2.93. The van der Waals surface area contributed by atoms with Crippen molar-refractivity contribution in [2.24, 2.45) is 5.41 Å². The molecule has 1 rings (SSSR count). The smallest absolute Gasteiger partial charge is 0.550 e. The molecule has 0 aliphatic heterocycles. The van der Waals surface area contributed by atoms with Gasteiger partial charge in [-0.25, -0.2) is 0 Å². The zero-order valence-electron chi connectivity index (χ0n) is 11.4. The molecule has 0 heterocycles. The van der Waals surface area contributed by atoms with Crippen molar-refractivity contribution in [1.82, 2.24) is 0 Å². The van der Waals surface area contributed by atoms with Crippen molar-refractivity contribution in [1.29, 1.82) is 0 Å². The first kappa shape index (κ1) is 17.3. The van der Waals surface area contributed by atoms with Gasteiger partial charge in [-0.1, -0.05) is 13.8 Å². The van der Waals surface area contributed by atoms with E-state index in [-0.39, 0.29) is 53.1 Å². The molecular weight excluding hydrogens is 243 g/mol. The van der Waals surface area contributed by atoms with Crippen LogP contribution < -0.4 is 34.7 Å². The van der Waals surface area contributed by atoms with Gasteiger partial charge >= 0.3 is 29.6 Å². The molecule has 0 spiro atoms. The molecule has 0 atom stereocenters. The average molecular weight is 258 g/mol. The van der Waals surface area contributed by atoms with Gasteiger partial charge in [0.15, 0.2) is 11.6 Å². The first-order valence-electron chi connectivity index (χ1n) is 5.35. The van der Waals surface area contributed by atoms with Crippen molar-refractivity contribution in [2.75, 3.05) is 0 Å². The van der Waals surface area contributed by atoms with E-state index in [2.05, 4.69) is 0 Å². The Kier molecular flexibility index (Phi) is 5.72. The van der Waals surface area contributed by atoms with E-state index in [0.717, 1.165) is 0 Å². The Labute approximate surface area is 128 Å². The zero-order chi connectivity index (χ0) is 13.4. The van der Waals surface area contributed by atoms with E-state index in [1.165, 1.54) is 6.08 Å². The van der Waals surface area contributed by atoms with Crippen LogP contribution in [0.5, 0.6) is 0 Å². The fraction of sp³-hybridized carbons (Fsp3) is 0.462. The molecule has 0 radical (unpaired) electrons. The number of hydrogen-bond donors (Lipinski definition) is 0. The molecule has 0 unspecified atom stereocenters. The third-order valence-electron chi connectivity index (χ3n) is 2.93. The van der Waals surface area contributed by atoms with Crippen molar-refractivity contribution in [2.45, 2.75) is 34.1 Å². The van der Waals surface area contributed by atoms with Crippen molar-refractivity contribution in [3.63, 3.8) is 0 Å². The molecule has 5 heteroatoms. The molecule has 0 saturated heterocycles. The summed E-state index contributed by atoms with van der Waals surface area (Å²) in [6.07, 6.45) is 0.979. The normalized spacial score (nSPS) is 16.3. The van der Waals surface area contributed by atoms with E-state index in [0.29, 0.717) is 11.1 Å². The molecule has 0 aromatic carbocycles. The van der Waals surface area contributed by atoms with Gasteiger partial charge in [0.1, 0.15) is 0 Å². The van der Waals surface area contributed by atoms with Crippen LogP contribution in [0.15, 0.2) is 22.8 Å². The van der Waals surface area contributed by atoms with Gasteiger partial charge < -0.3 is 9.90 Å². The standard InChI is InChI=1S/C13H16O4.Na/c1-7-5-9(14)11(8(2)12(7)17)13(3,4)6-10(15)16;/h5H,6H2,1-4H3,(H,15,16);/q;+1/p-1. The van der Waals surface area contributed by atoms with Crippen molar-refractivity contribution >= 4 is 17.5 Å². The van der Waals surface area contributed by atoms with Crippen LogP contribution in [-0.4, -0.2) is 17.5 Å². The predicted molar refractivity (Wildman–Crippen MR) is 59.9 cm³/mol. The summed E-state index contributed by atoms with van der Waals surface area (Å²) in [4.78, 5) is 34.3. The summed E-state index contributed by atoms with van der Waals surface area (Å²) in [6, 6.07) is 0.